The SMILES string of the molecule is CCc1nc(C)c2[nH]c(=O)c3sccc3c2c1-c1ccc(C(C)CNCc2ncc(-c3ccc(C(C)CN)cc3)c3c2[nH]c(=O)c2sccc23)cc1. The van der Waals surface area contributed by atoms with Crippen molar-refractivity contribution in [3.63, 3.8) is 0 Å². The van der Waals surface area contributed by atoms with Gasteiger partial charge in [-0.05, 0) is 76.9 Å². The van der Waals surface area contributed by atoms with Gasteiger partial charge in [-0.2, -0.15) is 0 Å². The number of nitrogens with zero attached hydrogens (tertiary/aromatic N) is 2. The second-order valence-corrected chi connectivity index (χ2v) is 15.5. The van der Waals surface area contributed by atoms with Crippen LogP contribution < -0.4 is 22.2 Å². The van der Waals surface area contributed by atoms with Gasteiger partial charge in [0.1, 0.15) is 9.40 Å². The summed E-state index contributed by atoms with van der Waals surface area (Å²) in [7, 11) is 0. The molecule has 0 saturated carbocycles. The Balaban J connectivity index is 1.07. The number of aromatic amines is 2. The van der Waals surface area contributed by atoms with Crippen molar-refractivity contribution in [3.05, 3.63) is 127 Å². The van der Waals surface area contributed by atoms with Crippen LogP contribution in [0.4, 0.5) is 0 Å². The predicted octanol–water partition coefficient (Wildman–Crippen LogP) is 8.75. The Morgan fingerprint density at radius 1 is 0.769 bits per heavy atom. The van der Waals surface area contributed by atoms with Crippen LogP contribution in [0.25, 0.3) is 64.2 Å². The fourth-order valence-electron chi connectivity index (χ4n) is 7.41. The molecule has 5 N–H and O–H groups in total. The number of aryl methyl sites for hydroxylation is 2. The van der Waals surface area contributed by atoms with Crippen LogP contribution >= 0.6 is 22.7 Å². The molecule has 0 bridgehead atoms. The molecule has 0 spiro atoms. The van der Waals surface area contributed by atoms with Crippen LogP contribution in [0.3, 0.4) is 0 Å². The molecule has 8 nitrogen and oxygen atoms in total. The molecule has 0 amide bonds. The first-order valence-electron chi connectivity index (χ1n) is 17.7. The van der Waals surface area contributed by atoms with Gasteiger partial charge in [-0.25, -0.2) is 0 Å². The summed E-state index contributed by atoms with van der Waals surface area (Å²) < 4.78 is 1.46. The summed E-state index contributed by atoms with van der Waals surface area (Å²) in [5.74, 6) is 0.498. The minimum Gasteiger partial charge on any atom is -0.330 e. The van der Waals surface area contributed by atoms with Crippen molar-refractivity contribution in [2.24, 2.45) is 5.73 Å². The summed E-state index contributed by atoms with van der Waals surface area (Å²) in [6.45, 7) is 10.3. The van der Waals surface area contributed by atoms with Crippen molar-refractivity contribution in [2.75, 3.05) is 13.1 Å². The quantitative estimate of drug-likeness (QED) is 0.112. The number of thiophene rings is 2. The van der Waals surface area contributed by atoms with E-state index in [4.69, 9.17) is 15.7 Å². The fourth-order valence-corrected chi connectivity index (χ4v) is 9.00. The molecule has 0 aliphatic carbocycles. The molecule has 6 heterocycles. The highest BCUT2D eigenvalue weighted by molar-refractivity contribution is 7.17. The molecule has 52 heavy (non-hydrogen) atoms. The first kappa shape index (κ1) is 34.1. The van der Waals surface area contributed by atoms with Crippen molar-refractivity contribution in [2.45, 2.75) is 52.5 Å². The minimum atomic E-state index is -0.0906. The third kappa shape index (κ3) is 5.85. The number of H-pyrrole nitrogens is 2. The molecule has 0 aliphatic heterocycles. The van der Waals surface area contributed by atoms with Gasteiger partial charge in [-0.3, -0.25) is 19.6 Å². The van der Waals surface area contributed by atoms with Gasteiger partial charge >= 0.3 is 0 Å². The van der Waals surface area contributed by atoms with Crippen LogP contribution in [0.2, 0.25) is 0 Å². The number of rotatable bonds is 10. The Morgan fingerprint density at radius 3 is 2.00 bits per heavy atom. The van der Waals surface area contributed by atoms with E-state index in [9.17, 15) is 9.59 Å². The van der Waals surface area contributed by atoms with Crippen LogP contribution in [-0.4, -0.2) is 33.0 Å². The number of pyridine rings is 4. The lowest BCUT2D eigenvalue weighted by atomic mass is 9.92. The molecule has 2 atom stereocenters. The molecule has 6 aromatic heterocycles. The van der Waals surface area contributed by atoms with Crippen LogP contribution in [0.5, 0.6) is 0 Å². The van der Waals surface area contributed by atoms with E-state index < -0.39 is 0 Å². The monoisotopic (exact) mass is 724 g/mol. The Morgan fingerprint density at radius 2 is 1.37 bits per heavy atom. The van der Waals surface area contributed by atoms with Crippen molar-refractivity contribution >= 4 is 64.7 Å². The third-order valence-corrected chi connectivity index (χ3v) is 12.2. The molecule has 0 fully saturated rings. The Labute approximate surface area is 308 Å². The lowest BCUT2D eigenvalue weighted by molar-refractivity contribution is 0.610. The molecule has 2 unspecified atom stereocenters. The van der Waals surface area contributed by atoms with E-state index in [-0.39, 0.29) is 23.0 Å². The maximum atomic E-state index is 13.2. The lowest BCUT2D eigenvalue weighted by Gasteiger charge is -2.17. The van der Waals surface area contributed by atoms with E-state index in [0.717, 1.165) is 94.3 Å². The molecular formula is C42H40N6O2S2. The molecule has 0 saturated heterocycles. The normalized spacial score (nSPS) is 13.1. The molecule has 2 aromatic carbocycles. The highest BCUT2D eigenvalue weighted by atomic mass is 32.1. The van der Waals surface area contributed by atoms with E-state index in [1.54, 1.807) is 0 Å². The smallest absolute Gasteiger partial charge is 0.266 e. The fraction of sp³-hybridized carbons (Fsp3) is 0.238. The first-order chi connectivity index (χ1) is 25.3. The molecule has 262 valence electrons. The molecular weight excluding hydrogens is 685 g/mol. The highest BCUT2D eigenvalue weighted by Gasteiger charge is 2.20. The number of nitrogens with two attached hydrogens (primary N) is 1. The second kappa shape index (κ2) is 13.9. The number of benzene rings is 2. The first-order valence-corrected chi connectivity index (χ1v) is 19.5. The summed E-state index contributed by atoms with van der Waals surface area (Å²) in [5, 5.41) is 11.6. The molecule has 10 heteroatoms. The summed E-state index contributed by atoms with van der Waals surface area (Å²) in [5.41, 5.74) is 16.6. The number of hydrogen-bond acceptors (Lipinski definition) is 8. The van der Waals surface area contributed by atoms with Crippen LogP contribution in [0, 0.1) is 6.92 Å². The van der Waals surface area contributed by atoms with Gasteiger partial charge in [0.25, 0.3) is 11.1 Å². The van der Waals surface area contributed by atoms with Gasteiger partial charge in [-0.15, -0.1) is 22.7 Å². The second-order valence-electron chi connectivity index (χ2n) is 13.6. The summed E-state index contributed by atoms with van der Waals surface area (Å²) in [6, 6.07) is 21.3. The maximum Gasteiger partial charge on any atom is 0.266 e. The summed E-state index contributed by atoms with van der Waals surface area (Å²) in [6.07, 6.45) is 2.72. The highest BCUT2D eigenvalue weighted by Crippen LogP contribution is 2.38. The topological polar surface area (TPSA) is 130 Å². The van der Waals surface area contributed by atoms with Gasteiger partial charge in [0.15, 0.2) is 0 Å². The van der Waals surface area contributed by atoms with Crippen molar-refractivity contribution in [3.8, 4) is 22.3 Å². The van der Waals surface area contributed by atoms with Gasteiger partial charge in [-0.1, -0.05) is 69.3 Å². The zero-order valence-electron chi connectivity index (χ0n) is 29.6. The van der Waals surface area contributed by atoms with Gasteiger partial charge in [0.05, 0.1) is 22.4 Å². The number of fused-ring (bicyclic) bond motifs is 6. The predicted molar refractivity (Wildman–Crippen MR) is 218 cm³/mol. The van der Waals surface area contributed by atoms with E-state index in [1.807, 2.05) is 36.0 Å². The Bertz CT molecular complexity index is 2720. The zero-order valence-corrected chi connectivity index (χ0v) is 31.2. The number of hydrogen-bond donors (Lipinski definition) is 4. The Hall–Kier alpha value is -5.00. The zero-order chi connectivity index (χ0) is 36.1. The molecule has 0 radical (unpaired) electrons. The van der Waals surface area contributed by atoms with E-state index >= 15 is 0 Å². The summed E-state index contributed by atoms with van der Waals surface area (Å²) in [4.78, 5) is 42.1. The third-order valence-electron chi connectivity index (χ3n) is 10.4. The molecule has 8 aromatic rings. The average molecular weight is 725 g/mol. The van der Waals surface area contributed by atoms with Gasteiger partial charge in [0, 0.05) is 57.7 Å². The maximum absolute atomic E-state index is 13.2. The Kier molecular flexibility index (Phi) is 9.09. The van der Waals surface area contributed by atoms with Crippen LogP contribution in [0.1, 0.15) is 60.8 Å². The lowest BCUT2D eigenvalue weighted by Crippen LogP contribution is -2.21. The average Bonchev–Trinajstić information content (AvgIpc) is 3.87. The van der Waals surface area contributed by atoms with E-state index in [2.05, 4.69) is 84.6 Å². The molecule has 0 aliphatic rings. The van der Waals surface area contributed by atoms with Crippen molar-refractivity contribution in [1.29, 1.82) is 0 Å². The van der Waals surface area contributed by atoms with Crippen LogP contribution in [-0.2, 0) is 13.0 Å². The number of aromatic nitrogens is 4. The van der Waals surface area contributed by atoms with Gasteiger partial charge in [0.2, 0.25) is 0 Å². The number of nitrogens with one attached hydrogen (secondary N) is 3. The minimum absolute atomic E-state index is 0.0671. The van der Waals surface area contributed by atoms with Crippen LogP contribution in [0.15, 0.2) is 87.2 Å². The molecule has 8 rings (SSSR count). The van der Waals surface area contributed by atoms with E-state index in [0.29, 0.717) is 13.1 Å². The van der Waals surface area contributed by atoms with Crippen molar-refractivity contribution in [1.82, 2.24) is 25.3 Å². The standard InChI is InChI=1S/C42H40N6O2S2/c1-5-32-34(36-30-15-17-52-40(30)41(49)47-37(36)24(4)46-32)28-12-8-26(9-13-28)23(3)19-44-21-33-38-35(29-14-16-51-39(29)42(50)48-38)31(20-45-33)27-10-6-25(7-11-27)22(2)18-43/h6-17,20,22-23,44H,5,18-19,21,43H2,1-4H3,(H,47,49)(H,48,50). The summed E-state index contributed by atoms with van der Waals surface area (Å²) >= 11 is 2.93. The largest absolute Gasteiger partial charge is 0.330 e. The van der Waals surface area contributed by atoms with Gasteiger partial charge < -0.3 is 21.0 Å². The van der Waals surface area contributed by atoms with Crippen molar-refractivity contribution < 1.29 is 0 Å². The van der Waals surface area contributed by atoms with E-state index in [1.165, 1.54) is 33.8 Å².